The standard InChI is InChI=1S/C13H17FN2O/c14-10-7-6-9(8-11(10)15)12-4-2-1-3-5-13(17)16-12/h6-8,12H,1-5,15H2,(H,16,17). The molecule has 0 saturated carbocycles. The van der Waals surface area contributed by atoms with E-state index in [0.29, 0.717) is 6.42 Å². The second kappa shape index (κ2) is 5.17. The van der Waals surface area contributed by atoms with Crippen molar-refractivity contribution in [1.82, 2.24) is 5.32 Å². The van der Waals surface area contributed by atoms with E-state index in [4.69, 9.17) is 5.73 Å². The van der Waals surface area contributed by atoms with Crippen LogP contribution in [-0.2, 0) is 4.79 Å². The van der Waals surface area contributed by atoms with Crippen LogP contribution in [0.2, 0.25) is 0 Å². The van der Waals surface area contributed by atoms with Gasteiger partial charge in [-0.25, -0.2) is 4.39 Å². The third kappa shape index (κ3) is 2.96. The van der Waals surface area contributed by atoms with Gasteiger partial charge in [-0.2, -0.15) is 0 Å². The molecule has 1 saturated heterocycles. The predicted octanol–water partition coefficient (Wildman–Crippen LogP) is 2.53. The molecule has 1 aliphatic heterocycles. The van der Waals surface area contributed by atoms with E-state index in [2.05, 4.69) is 5.32 Å². The lowest BCUT2D eigenvalue weighted by molar-refractivity contribution is -0.122. The van der Waals surface area contributed by atoms with E-state index in [1.165, 1.54) is 6.07 Å². The zero-order valence-electron chi connectivity index (χ0n) is 9.71. The molecule has 3 N–H and O–H groups in total. The van der Waals surface area contributed by atoms with Crippen LogP contribution in [0.4, 0.5) is 10.1 Å². The molecule has 0 aliphatic carbocycles. The summed E-state index contributed by atoms with van der Waals surface area (Å²) in [6.07, 6.45) is 4.55. The Bertz CT molecular complexity index is 420. The summed E-state index contributed by atoms with van der Waals surface area (Å²) in [6.45, 7) is 0. The fourth-order valence-electron chi connectivity index (χ4n) is 2.18. The van der Waals surface area contributed by atoms with E-state index in [-0.39, 0.29) is 17.6 Å². The number of nitrogens with two attached hydrogens (primary N) is 1. The molecule has 4 heteroatoms. The zero-order valence-corrected chi connectivity index (χ0v) is 9.71. The number of halogens is 1. The highest BCUT2D eigenvalue weighted by Crippen LogP contribution is 2.25. The molecule has 0 aromatic heterocycles. The lowest BCUT2D eigenvalue weighted by Gasteiger charge is -2.22. The number of nitrogen functional groups attached to an aromatic ring is 1. The van der Waals surface area contributed by atoms with Gasteiger partial charge in [-0.1, -0.05) is 18.9 Å². The van der Waals surface area contributed by atoms with Crippen molar-refractivity contribution in [3.8, 4) is 0 Å². The van der Waals surface area contributed by atoms with Crippen LogP contribution in [0.15, 0.2) is 18.2 Å². The van der Waals surface area contributed by atoms with Crippen molar-refractivity contribution in [2.45, 2.75) is 38.1 Å². The minimum atomic E-state index is -0.411. The van der Waals surface area contributed by atoms with Crippen LogP contribution in [0.25, 0.3) is 0 Å². The minimum Gasteiger partial charge on any atom is -0.396 e. The lowest BCUT2D eigenvalue weighted by atomic mass is 9.97. The van der Waals surface area contributed by atoms with Crippen LogP contribution in [0.5, 0.6) is 0 Å². The maximum absolute atomic E-state index is 13.1. The predicted molar refractivity (Wildman–Crippen MR) is 64.8 cm³/mol. The number of rotatable bonds is 1. The molecule has 0 radical (unpaired) electrons. The van der Waals surface area contributed by atoms with Crippen molar-refractivity contribution in [2.24, 2.45) is 0 Å². The summed E-state index contributed by atoms with van der Waals surface area (Å²) in [5, 5.41) is 2.96. The van der Waals surface area contributed by atoms with Crippen molar-refractivity contribution in [3.05, 3.63) is 29.6 Å². The van der Waals surface area contributed by atoms with Gasteiger partial charge in [0.1, 0.15) is 5.82 Å². The van der Waals surface area contributed by atoms with Crippen molar-refractivity contribution in [1.29, 1.82) is 0 Å². The molecular weight excluding hydrogens is 219 g/mol. The van der Waals surface area contributed by atoms with Crippen LogP contribution < -0.4 is 11.1 Å². The second-order valence-electron chi connectivity index (χ2n) is 4.50. The Morgan fingerprint density at radius 3 is 2.88 bits per heavy atom. The number of benzene rings is 1. The lowest BCUT2D eigenvalue weighted by Crippen LogP contribution is -2.29. The smallest absolute Gasteiger partial charge is 0.220 e. The quantitative estimate of drug-likeness (QED) is 0.736. The van der Waals surface area contributed by atoms with Crippen LogP contribution in [-0.4, -0.2) is 5.91 Å². The van der Waals surface area contributed by atoms with Gasteiger partial charge in [0.25, 0.3) is 0 Å². The minimum absolute atomic E-state index is 0.0364. The topological polar surface area (TPSA) is 55.1 Å². The molecule has 1 fully saturated rings. The number of hydrogen-bond acceptors (Lipinski definition) is 2. The Hall–Kier alpha value is -1.58. The molecule has 2 rings (SSSR count). The van der Waals surface area contributed by atoms with Crippen LogP contribution in [0, 0.1) is 5.82 Å². The summed E-state index contributed by atoms with van der Waals surface area (Å²) in [7, 11) is 0. The number of nitrogens with one attached hydrogen (secondary N) is 1. The highest BCUT2D eigenvalue weighted by atomic mass is 19.1. The van der Waals surface area contributed by atoms with Gasteiger partial charge in [0.15, 0.2) is 0 Å². The first-order chi connectivity index (χ1) is 8.16. The molecule has 1 atom stereocenters. The van der Waals surface area contributed by atoms with E-state index >= 15 is 0 Å². The number of carbonyl (C=O) groups excluding carboxylic acids is 1. The first-order valence-corrected chi connectivity index (χ1v) is 6.01. The van der Waals surface area contributed by atoms with Gasteiger partial charge in [-0.3, -0.25) is 4.79 Å². The molecule has 17 heavy (non-hydrogen) atoms. The van der Waals surface area contributed by atoms with Gasteiger partial charge in [0, 0.05) is 6.42 Å². The third-order valence-electron chi connectivity index (χ3n) is 3.15. The van der Waals surface area contributed by atoms with Crippen molar-refractivity contribution in [2.75, 3.05) is 5.73 Å². The average Bonchev–Trinajstić information content (AvgIpc) is 2.27. The molecule has 1 amide bonds. The van der Waals surface area contributed by atoms with Gasteiger partial charge in [0.05, 0.1) is 11.7 Å². The molecule has 1 unspecified atom stereocenters. The maximum Gasteiger partial charge on any atom is 0.220 e. The van der Waals surface area contributed by atoms with Gasteiger partial charge in [-0.15, -0.1) is 0 Å². The molecule has 3 nitrogen and oxygen atoms in total. The molecule has 0 bridgehead atoms. The zero-order chi connectivity index (χ0) is 12.3. The highest BCUT2D eigenvalue weighted by Gasteiger charge is 2.17. The number of hydrogen-bond donors (Lipinski definition) is 2. The summed E-state index contributed by atoms with van der Waals surface area (Å²) >= 11 is 0. The van der Waals surface area contributed by atoms with E-state index in [0.717, 1.165) is 31.2 Å². The van der Waals surface area contributed by atoms with Gasteiger partial charge < -0.3 is 11.1 Å². The molecular formula is C13H17FN2O. The normalized spacial score (nSPS) is 21.5. The molecule has 1 aliphatic rings. The summed E-state index contributed by atoms with van der Waals surface area (Å²) in [5.41, 5.74) is 6.57. The molecule has 1 aromatic carbocycles. The first kappa shape index (κ1) is 11.9. The number of amides is 1. The van der Waals surface area contributed by atoms with Crippen molar-refractivity contribution < 1.29 is 9.18 Å². The second-order valence-corrected chi connectivity index (χ2v) is 4.50. The van der Waals surface area contributed by atoms with Gasteiger partial charge in [0.2, 0.25) is 5.91 Å². The third-order valence-corrected chi connectivity index (χ3v) is 3.15. The fraction of sp³-hybridized carbons (Fsp3) is 0.462. The van der Waals surface area contributed by atoms with Crippen molar-refractivity contribution in [3.63, 3.8) is 0 Å². The van der Waals surface area contributed by atoms with Crippen LogP contribution in [0.1, 0.15) is 43.7 Å². The number of carbonyl (C=O) groups is 1. The van der Waals surface area contributed by atoms with E-state index in [1.54, 1.807) is 12.1 Å². The van der Waals surface area contributed by atoms with Gasteiger partial charge >= 0.3 is 0 Å². The maximum atomic E-state index is 13.1. The van der Waals surface area contributed by atoms with E-state index < -0.39 is 5.82 Å². The summed E-state index contributed by atoms with van der Waals surface area (Å²) in [6, 6.07) is 4.63. The number of anilines is 1. The Morgan fingerprint density at radius 1 is 1.29 bits per heavy atom. The van der Waals surface area contributed by atoms with E-state index in [9.17, 15) is 9.18 Å². The average molecular weight is 236 g/mol. The van der Waals surface area contributed by atoms with Crippen LogP contribution in [0.3, 0.4) is 0 Å². The molecule has 0 spiro atoms. The Kier molecular flexibility index (Phi) is 3.61. The van der Waals surface area contributed by atoms with Crippen molar-refractivity contribution >= 4 is 11.6 Å². The van der Waals surface area contributed by atoms with E-state index in [1.807, 2.05) is 0 Å². The first-order valence-electron chi connectivity index (χ1n) is 6.01. The summed E-state index contributed by atoms with van der Waals surface area (Å²) in [4.78, 5) is 11.6. The fourth-order valence-corrected chi connectivity index (χ4v) is 2.18. The molecule has 1 aromatic rings. The summed E-state index contributed by atoms with van der Waals surface area (Å²) < 4.78 is 13.1. The Morgan fingerprint density at radius 2 is 2.12 bits per heavy atom. The Balaban J connectivity index is 2.17. The van der Waals surface area contributed by atoms with Gasteiger partial charge in [-0.05, 0) is 30.5 Å². The molecule has 92 valence electrons. The summed E-state index contributed by atoms with van der Waals surface area (Å²) in [5.74, 6) is -0.344. The molecule has 1 heterocycles. The Labute approximate surface area is 100 Å². The monoisotopic (exact) mass is 236 g/mol. The largest absolute Gasteiger partial charge is 0.396 e. The SMILES string of the molecule is Nc1cc(C2CCCCCC(=O)N2)ccc1F. The highest BCUT2D eigenvalue weighted by molar-refractivity contribution is 5.76. The van der Waals surface area contributed by atoms with Crippen LogP contribution >= 0.6 is 0 Å².